The number of nitrogens with one attached hydrogen (secondary N) is 1. The van der Waals surface area contributed by atoms with E-state index in [4.69, 9.17) is 5.11 Å². The third-order valence-corrected chi connectivity index (χ3v) is 3.75. The topological polar surface area (TPSA) is 64.0 Å². The summed E-state index contributed by atoms with van der Waals surface area (Å²) >= 11 is 0. The number of nitrogens with zero attached hydrogens (tertiary/aromatic N) is 4. The number of aliphatic imine (C=N–C) groups is 1. The van der Waals surface area contributed by atoms with Gasteiger partial charge in [0.05, 0.1) is 0 Å². The summed E-state index contributed by atoms with van der Waals surface area (Å²) < 4.78 is 0. The zero-order valence-electron chi connectivity index (χ0n) is 14.0. The van der Waals surface area contributed by atoms with Crippen molar-refractivity contribution in [2.24, 2.45) is 10.9 Å². The van der Waals surface area contributed by atoms with E-state index < -0.39 is 0 Å². The maximum atomic E-state index is 9.13. The zero-order valence-corrected chi connectivity index (χ0v) is 16.3. The molecule has 0 aromatic carbocycles. The second kappa shape index (κ2) is 10.6. The van der Waals surface area contributed by atoms with Crippen molar-refractivity contribution in [1.29, 1.82) is 0 Å². The Morgan fingerprint density at radius 2 is 2.09 bits per heavy atom. The molecule has 0 amide bonds. The van der Waals surface area contributed by atoms with Gasteiger partial charge in [-0.3, -0.25) is 4.99 Å². The minimum Gasteiger partial charge on any atom is -0.396 e. The van der Waals surface area contributed by atoms with E-state index in [1.54, 1.807) is 0 Å². The largest absolute Gasteiger partial charge is 0.396 e. The first kappa shape index (κ1) is 20.0. The standard InChI is InChI=1S/C16H27N5O.HI/c1-3-17-16(19-12-14(2)13-22)21-10-8-20(9-11-21)15-6-4-5-7-18-15;/h4-7,14,22H,3,8-13H2,1-2H3,(H,17,19);1H. The Labute approximate surface area is 156 Å². The van der Waals surface area contributed by atoms with E-state index in [0.717, 1.165) is 44.5 Å². The van der Waals surface area contributed by atoms with Gasteiger partial charge in [0.1, 0.15) is 5.82 Å². The Morgan fingerprint density at radius 1 is 1.35 bits per heavy atom. The second-order valence-corrected chi connectivity index (χ2v) is 5.64. The number of guanidine groups is 1. The van der Waals surface area contributed by atoms with Crippen molar-refractivity contribution in [2.75, 3.05) is 50.8 Å². The van der Waals surface area contributed by atoms with Gasteiger partial charge >= 0.3 is 0 Å². The van der Waals surface area contributed by atoms with E-state index in [1.807, 2.05) is 25.3 Å². The Hall–Kier alpha value is -1.09. The first-order valence-electron chi connectivity index (χ1n) is 8.04. The lowest BCUT2D eigenvalue weighted by Crippen LogP contribution is -2.52. The van der Waals surface area contributed by atoms with Crippen LogP contribution >= 0.6 is 24.0 Å². The first-order valence-corrected chi connectivity index (χ1v) is 8.04. The lowest BCUT2D eigenvalue weighted by atomic mass is 10.2. The lowest BCUT2D eigenvalue weighted by Gasteiger charge is -2.37. The van der Waals surface area contributed by atoms with Gasteiger partial charge in [-0.05, 0) is 25.0 Å². The maximum Gasteiger partial charge on any atom is 0.194 e. The highest BCUT2D eigenvalue weighted by atomic mass is 127. The molecule has 2 heterocycles. The van der Waals surface area contributed by atoms with E-state index in [-0.39, 0.29) is 36.5 Å². The normalized spacial score (nSPS) is 16.7. The molecule has 1 aliphatic heterocycles. The van der Waals surface area contributed by atoms with Crippen molar-refractivity contribution in [3.63, 3.8) is 0 Å². The van der Waals surface area contributed by atoms with Gasteiger partial charge < -0.3 is 20.2 Å². The SMILES string of the molecule is CCNC(=NCC(C)CO)N1CCN(c2ccccn2)CC1.I. The summed E-state index contributed by atoms with van der Waals surface area (Å²) in [6.45, 7) is 9.50. The van der Waals surface area contributed by atoms with E-state index in [1.165, 1.54) is 0 Å². The van der Waals surface area contributed by atoms with Crippen LogP contribution in [-0.4, -0.2) is 66.8 Å². The number of rotatable bonds is 5. The summed E-state index contributed by atoms with van der Waals surface area (Å²) in [6.07, 6.45) is 1.84. The number of piperazine rings is 1. The number of pyridine rings is 1. The molecule has 6 nitrogen and oxygen atoms in total. The smallest absolute Gasteiger partial charge is 0.194 e. The molecule has 2 N–H and O–H groups in total. The van der Waals surface area contributed by atoms with E-state index in [0.29, 0.717) is 6.54 Å². The monoisotopic (exact) mass is 433 g/mol. The predicted molar refractivity (Wildman–Crippen MR) is 106 cm³/mol. The number of aliphatic hydroxyl groups excluding tert-OH is 1. The number of hydrogen-bond donors (Lipinski definition) is 2. The molecule has 0 spiro atoms. The molecule has 0 aliphatic carbocycles. The molecule has 1 saturated heterocycles. The van der Waals surface area contributed by atoms with Gasteiger partial charge in [0.15, 0.2) is 5.96 Å². The van der Waals surface area contributed by atoms with Crippen molar-refractivity contribution >= 4 is 35.8 Å². The fourth-order valence-corrected chi connectivity index (χ4v) is 2.41. The molecule has 1 atom stereocenters. The van der Waals surface area contributed by atoms with Gasteiger partial charge in [0.2, 0.25) is 0 Å². The molecule has 130 valence electrons. The van der Waals surface area contributed by atoms with Crippen molar-refractivity contribution < 1.29 is 5.11 Å². The molecule has 2 rings (SSSR count). The highest BCUT2D eigenvalue weighted by molar-refractivity contribution is 14.0. The quantitative estimate of drug-likeness (QED) is 0.418. The summed E-state index contributed by atoms with van der Waals surface area (Å²) in [5.74, 6) is 2.19. The molecule has 1 fully saturated rings. The minimum atomic E-state index is 0. The fourth-order valence-electron chi connectivity index (χ4n) is 2.41. The maximum absolute atomic E-state index is 9.13. The van der Waals surface area contributed by atoms with Crippen LogP contribution in [0.4, 0.5) is 5.82 Å². The Morgan fingerprint density at radius 3 is 2.65 bits per heavy atom. The molecule has 0 bridgehead atoms. The summed E-state index contributed by atoms with van der Waals surface area (Å²) in [5, 5.41) is 12.5. The Bertz CT molecular complexity index is 463. The molecule has 7 heteroatoms. The van der Waals surface area contributed by atoms with Crippen molar-refractivity contribution in [2.45, 2.75) is 13.8 Å². The lowest BCUT2D eigenvalue weighted by molar-refractivity contribution is 0.241. The highest BCUT2D eigenvalue weighted by Crippen LogP contribution is 2.12. The van der Waals surface area contributed by atoms with Gasteiger partial charge in [0.25, 0.3) is 0 Å². The predicted octanol–water partition coefficient (Wildman–Crippen LogP) is 1.42. The van der Waals surface area contributed by atoms with Crippen LogP contribution in [0.25, 0.3) is 0 Å². The van der Waals surface area contributed by atoms with Gasteiger partial charge in [-0.25, -0.2) is 4.98 Å². The number of hydrogen-bond acceptors (Lipinski definition) is 4. The number of aromatic nitrogens is 1. The average Bonchev–Trinajstić information content (AvgIpc) is 2.59. The van der Waals surface area contributed by atoms with Crippen LogP contribution in [-0.2, 0) is 0 Å². The summed E-state index contributed by atoms with van der Waals surface area (Å²) in [4.78, 5) is 13.6. The second-order valence-electron chi connectivity index (χ2n) is 5.64. The molecule has 0 radical (unpaired) electrons. The number of aliphatic hydroxyl groups is 1. The minimum absolute atomic E-state index is 0. The highest BCUT2D eigenvalue weighted by Gasteiger charge is 2.20. The van der Waals surface area contributed by atoms with Crippen LogP contribution in [0, 0.1) is 5.92 Å². The van der Waals surface area contributed by atoms with Crippen LogP contribution in [0.1, 0.15) is 13.8 Å². The third kappa shape index (κ3) is 6.14. The van der Waals surface area contributed by atoms with Crippen molar-refractivity contribution in [3.8, 4) is 0 Å². The van der Waals surface area contributed by atoms with E-state index >= 15 is 0 Å². The van der Waals surface area contributed by atoms with Crippen LogP contribution in [0.3, 0.4) is 0 Å². The summed E-state index contributed by atoms with van der Waals surface area (Å²) in [7, 11) is 0. The van der Waals surface area contributed by atoms with Gasteiger partial charge in [-0.2, -0.15) is 0 Å². The molecule has 1 aliphatic rings. The molecule has 1 unspecified atom stereocenters. The van der Waals surface area contributed by atoms with Gasteiger partial charge in [-0.15, -0.1) is 24.0 Å². The molecular weight excluding hydrogens is 405 g/mol. The molecular formula is C16H28IN5O. The first-order chi connectivity index (χ1) is 10.7. The molecule has 23 heavy (non-hydrogen) atoms. The molecule has 0 saturated carbocycles. The van der Waals surface area contributed by atoms with Crippen LogP contribution in [0.5, 0.6) is 0 Å². The van der Waals surface area contributed by atoms with Crippen LogP contribution in [0.2, 0.25) is 0 Å². The number of anilines is 1. The third-order valence-electron chi connectivity index (χ3n) is 3.75. The molecule has 1 aromatic heterocycles. The van der Waals surface area contributed by atoms with E-state index in [9.17, 15) is 0 Å². The summed E-state index contributed by atoms with van der Waals surface area (Å²) in [6, 6.07) is 6.02. The Kier molecular flexibility index (Phi) is 9.23. The van der Waals surface area contributed by atoms with E-state index in [2.05, 4.69) is 38.1 Å². The van der Waals surface area contributed by atoms with Crippen LogP contribution in [0.15, 0.2) is 29.4 Å². The zero-order chi connectivity index (χ0) is 15.8. The van der Waals surface area contributed by atoms with Crippen LogP contribution < -0.4 is 10.2 Å². The van der Waals surface area contributed by atoms with Gasteiger partial charge in [0, 0.05) is 52.1 Å². The summed E-state index contributed by atoms with van der Waals surface area (Å²) in [5.41, 5.74) is 0. The van der Waals surface area contributed by atoms with Gasteiger partial charge in [-0.1, -0.05) is 13.0 Å². The number of halogens is 1. The average molecular weight is 433 g/mol. The fraction of sp³-hybridized carbons (Fsp3) is 0.625. The Balaban J connectivity index is 0.00000264. The molecule has 1 aromatic rings. The van der Waals surface area contributed by atoms with Crippen molar-refractivity contribution in [1.82, 2.24) is 15.2 Å². The van der Waals surface area contributed by atoms with Crippen molar-refractivity contribution in [3.05, 3.63) is 24.4 Å².